The van der Waals surface area contributed by atoms with E-state index in [2.05, 4.69) is 6.92 Å². The van der Waals surface area contributed by atoms with Crippen molar-refractivity contribution in [1.29, 1.82) is 0 Å². The summed E-state index contributed by atoms with van der Waals surface area (Å²) in [4.78, 5) is 11.4. The van der Waals surface area contributed by atoms with E-state index in [1.54, 1.807) is 12.1 Å². The van der Waals surface area contributed by atoms with E-state index in [0.717, 1.165) is 12.2 Å². The van der Waals surface area contributed by atoms with E-state index < -0.39 is 17.7 Å². The van der Waals surface area contributed by atoms with Crippen molar-refractivity contribution in [1.82, 2.24) is 0 Å². The van der Waals surface area contributed by atoms with E-state index in [-0.39, 0.29) is 5.56 Å². The molecule has 1 unspecified atom stereocenters. The summed E-state index contributed by atoms with van der Waals surface area (Å²) in [7, 11) is 0. The average molecular weight is 316 g/mol. The molecule has 0 spiro atoms. The standard InChI is InChI=1S/C19H21FO3/c1-2-14-9-11-15(12-10-14)23-13-5-7-17(19(21)22)16-6-3-4-8-18(16)20/h3-4,6,8-12,17H,2,5,7,13H2,1H3,(H,21,22). The fourth-order valence-corrected chi connectivity index (χ4v) is 2.47. The van der Waals surface area contributed by atoms with Crippen LogP contribution in [-0.4, -0.2) is 17.7 Å². The van der Waals surface area contributed by atoms with Gasteiger partial charge >= 0.3 is 5.97 Å². The second kappa shape index (κ2) is 8.32. The van der Waals surface area contributed by atoms with E-state index >= 15 is 0 Å². The molecule has 3 nitrogen and oxygen atoms in total. The Bertz CT molecular complexity index is 637. The molecule has 0 aromatic heterocycles. The van der Waals surface area contributed by atoms with Crippen molar-refractivity contribution in [2.75, 3.05) is 6.61 Å². The van der Waals surface area contributed by atoms with E-state index in [0.29, 0.717) is 19.4 Å². The van der Waals surface area contributed by atoms with Gasteiger partial charge in [0, 0.05) is 5.56 Å². The molecule has 2 rings (SSSR count). The summed E-state index contributed by atoms with van der Waals surface area (Å²) >= 11 is 0. The van der Waals surface area contributed by atoms with E-state index in [1.807, 2.05) is 24.3 Å². The lowest BCUT2D eigenvalue weighted by atomic mass is 9.94. The summed E-state index contributed by atoms with van der Waals surface area (Å²) in [5.74, 6) is -1.57. The van der Waals surface area contributed by atoms with Gasteiger partial charge in [-0.2, -0.15) is 0 Å². The van der Waals surface area contributed by atoms with Crippen molar-refractivity contribution < 1.29 is 19.0 Å². The summed E-state index contributed by atoms with van der Waals surface area (Å²) in [5, 5.41) is 9.32. The number of aliphatic carboxylic acids is 1. The third-order valence-electron chi connectivity index (χ3n) is 3.82. The number of aryl methyl sites for hydroxylation is 1. The van der Waals surface area contributed by atoms with Crippen LogP contribution in [0.1, 0.15) is 36.8 Å². The molecule has 0 fully saturated rings. The number of carbonyl (C=O) groups is 1. The van der Waals surface area contributed by atoms with Crippen LogP contribution in [0.3, 0.4) is 0 Å². The molecule has 122 valence electrons. The van der Waals surface area contributed by atoms with E-state index in [4.69, 9.17) is 4.74 Å². The van der Waals surface area contributed by atoms with Gasteiger partial charge in [-0.3, -0.25) is 4.79 Å². The van der Waals surface area contributed by atoms with Gasteiger partial charge in [-0.25, -0.2) is 4.39 Å². The molecule has 0 bridgehead atoms. The Morgan fingerprint density at radius 3 is 2.48 bits per heavy atom. The molecule has 23 heavy (non-hydrogen) atoms. The fourth-order valence-electron chi connectivity index (χ4n) is 2.47. The van der Waals surface area contributed by atoms with Gasteiger partial charge in [0.2, 0.25) is 0 Å². The summed E-state index contributed by atoms with van der Waals surface area (Å²) < 4.78 is 19.4. The van der Waals surface area contributed by atoms with Crippen LogP contribution < -0.4 is 4.74 Å². The van der Waals surface area contributed by atoms with Crippen LogP contribution in [0.15, 0.2) is 48.5 Å². The normalized spacial score (nSPS) is 11.9. The van der Waals surface area contributed by atoms with E-state index in [9.17, 15) is 14.3 Å². The Balaban J connectivity index is 1.87. The van der Waals surface area contributed by atoms with Crippen molar-refractivity contribution in [3.05, 3.63) is 65.5 Å². The first-order valence-electron chi connectivity index (χ1n) is 7.80. The van der Waals surface area contributed by atoms with Gasteiger partial charge in [-0.15, -0.1) is 0 Å². The van der Waals surface area contributed by atoms with Crippen LogP contribution >= 0.6 is 0 Å². The second-order valence-electron chi connectivity index (χ2n) is 5.40. The molecule has 2 aromatic carbocycles. The van der Waals surface area contributed by atoms with E-state index in [1.165, 1.54) is 17.7 Å². The number of carboxylic acid groups (broad SMARTS) is 1. The minimum atomic E-state index is -1.01. The Morgan fingerprint density at radius 2 is 1.87 bits per heavy atom. The molecule has 1 N–H and O–H groups in total. The van der Waals surface area contributed by atoms with Crippen molar-refractivity contribution in [2.24, 2.45) is 0 Å². The number of hydrogen-bond acceptors (Lipinski definition) is 2. The Hall–Kier alpha value is -2.36. The number of ether oxygens (including phenoxy) is 1. The maximum absolute atomic E-state index is 13.8. The third kappa shape index (κ3) is 4.81. The minimum Gasteiger partial charge on any atom is -0.494 e. The Kier molecular flexibility index (Phi) is 6.15. The predicted octanol–water partition coefficient (Wildman–Crippen LogP) is 4.42. The number of carboxylic acids is 1. The maximum Gasteiger partial charge on any atom is 0.311 e. The lowest BCUT2D eigenvalue weighted by molar-refractivity contribution is -0.139. The lowest BCUT2D eigenvalue weighted by Gasteiger charge is -2.14. The molecule has 0 aliphatic rings. The van der Waals surface area contributed by atoms with Crippen LogP contribution in [0, 0.1) is 5.82 Å². The van der Waals surface area contributed by atoms with Crippen LogP contribution in [0.4, 0.5) is 4.39 Å². The molecule has 0 radical (unpaired) electrons. The largest absolute Gasteiger partial charge is 0.494 e. The summed E-state index contributed by atoms with van der Waals surface area (Å²) in [6.07, 6.45) is 1.85. The van der Waals surface area contributed by atoms with Gasteiger partial charge in [-0.05, 0) is 43.0 Å². The molecular weight excluding hydrogens is 295 g/mol. The van der Waals surface area contributed by atoms with Crippen LogP contribution in [0.2, 0.25) is 0 Å². The number of halogens is 1. The zero-order chi connectivity index (χ0) is 16.7. The van der Waals surface area contributed by atoms with Gasteiger partial charge in [0.15, 0.2) is 0 Å². The average Bonchev–Trinajstić information content (AvgIpc) is 2.56. The molecule has 0 aliphatic heterocycles. The minimum absolute atomic E-state index is 0.229. The zero-order valence-corrected chi connectivity index (χ0v) is 13.2. The monoisotopic (exact) mass is 316 g/mol. The van der Waals surface area contributed by atoms with Crippen molar-refractivity contribution in [3.8, 4) is 5.75 Å². The molecular formula is C19H21FO3. The van der Waals surface area contributed by atoms with Crippen LogP contribution in [-0.2, 0) is 11.2 Å². The second-order valence-corrected chi connectivity index (χ2v) is 5.40. The highest BCUT2D eigenvalue weighted by Crippen LogP contribution is 2.24. The smallest absolute Gasteiger partial charge is 0.311 e. The summed E-state index contributed by atoms with van der Waals surface area (Å²) in [6.45, 7) is 2.49. The maximum atomic E-state index is 13.8. The third-order valence-corrected chi connectivity index (χ3v) is 3.82. The van der Waals surface area contributed by atoms with Gasteiger partial charge < -0.3 is 9.84 Å². The molecule has 4 heteroatoms. The first-order valence-corrected chi connectivity index (χ1v) is 7.80. The molecule has 0 saturated carbocycles. The zero-order valence-electron chi connectivity index (χ0n) is 13.2. The van der Waals surface area contributed by atoms with Crippen molar-refractivity contribution in [2.45, 2.75) is 32.1 Å². The fraction of sp³-hybridized carbons (Fsp3) is 0.316. The molecule has 1 atom stereocenters. The molecule has 0 amide bonds. The van der Waals surface area contributed by atoms with Crippen LogP contribution in [0.5, 0.6) is 5.75 Å². The highest BCUT2D eigenvalue weighted by Gasteiger charge is 2.22. The summed E-state index contributed by atoms with van der Waals surface area (Å²) in [6, 6.07) is 13.9. The Morgan fingerprint density at radius 1 is 1.17 bits per heavy atom. The Labute approximate surface area is 135 Å². The first-order chi connectivity index (χ1) is 11.1. The molecule has 0 heterocycles. The van der Waals surface area contributed by atoms with Gasteiger partial charge in [0.05, 0.1) is 12.5 Å². The lowest BCUT2D eigenvalue weighted by Crippen LogP contribution is -2.14. The van der Waals surface area contributed by atoms with Gasteiger partial charge in [-0.1, -0.05) is 37.3 Å². The van der Waals surface area contributed by atoms with Gasteiger partial charge in [0.1, 0.15) is 11.6 Å². The van der Waals surface area contributed by atoms with Crippen molar-refractivity contribution in [3.63, 3.8) is 0 Å². The number of rotatable bonds is 8. The van der Waals surface area contributed by atoms with Crippen molar-refractivity contribution >= 4 is 5.97 Å². The highest BCUT2D eigenvalue weighted by atomic mass is 19.1. The SMILES string of the molecule is CCc1ccc(OCCCC(C(=O)O)c2ccccc2F)cc1. The summed E-state index contributed by atoms with van der Waals surface area (Å²) in [5.41, 5.74) is 1.47. The molecule has 2 aromatic rings. The molecule has 0 aliphatic carbocycles. The van der Waals surface area contributed by atoms with Crippen LogP contribution in [0.25, 0.3) is 0 Å². The predicted molar refractivity (Wildman–Crippen MR) is 87.3 cm³/mol. The number of benzene rings is 2. The number of hydrogen-bond donors (Lipinski definition) is 1. The highest BCUT2D eigenvalue weighted by molar-refractivity contribution is 5.76. The van der Waals surface area contributed by atoms with Gasteiger partial charge in [0.25, 0.3) is 0 Å². The topological polar surface area (TPSA) is 46.5 Å². The molecule has 0 saturated heterocycles. The quantitative estimate of drug-likeness (QED) is 0.734. The first kappa shape index (κ1) is 17.0.